The Hall–Kier alpha value is -6.68. The third-order valence-electron chi connectivity index (χ3n) is 19.8. The summed E-state index contributed by atoms with van der Waals surface area (Å²) in [4.78, 5) is 64.0. The van der Waals surface area contributed by atoms with Crippen molar-refractivity contribution < 1.29 is 61.2 Å². The molecule has 4 aromatic rings. The van der Waals surface area contributed by atoms with Gasteiger partial charge in [-0.1, -0.05) is 234 Å². The highest BCUT2D eigenvalue weighted by molar-refractivity contribution is 7.47. The summed E-state index contributed by atoms with van der Waals surface area (Å²) in [6.07, 6.45) is 51.1. The van der Waals surface area contributed by atoms with Crippen molar-refractivity contribution in [1.82, 2.24) is 10.6 Å². The number of esters is 2. The van der Waals surface area contributed by atoms with Crippen molar-refractivity contribution in [1.29, 1.82) is 0 Å². The van der Waals surface area contributed by atoms with E-state index < -0.39 is 45.2 Å². The van der Waals surface area contributed by atoms with Crippen molar-refractivity contribution in [3.05, 3.63) is 144 Å². The van der Waals surface area contributed by atoms with Gasteiger partial charge in [-0.15, -0.1) is 0 Å². The Balaban J connectivity index is 0.832. The number of nitrogens with one attached hydrogen (secondary N) is 2. The van der Waals surface area contributed by atoms with Crippen molar-refractivity contribution >= 4 is 70.4 Å². The lowest BCUT2D eigenvalue weighted by atomic mass is 9.79. The van der Waals surface area contributed by atoms with Crippen LogP contribution in [0.3, 0.4) is 0 Å². The summed E-state index contributed by atoms with van der Waals surface area (Å²) in [5.74, 6) is -1.01. The van der Waals surface area contributed by atoms with Gasteiger partial charge < -0.3 is 39.4 Å². The number of hydrogen-bond donors (Lipinski definition) is 3. The van der Waals surface area contributed by atoms with E-state index in [1.165, 1.54) is 133 Å². The molecule has 17 heteroatoms. The molecule has 0 fully saturated rings. The van der Waals surface area contributed by atoms with Crippen molar-refractivity contribution in [2.45, 2.75) is 264 Å². The van der Waals surface area contributed by atoms with Crippen LogP contribution in [0.1, 0.15) is 258 Å². The van der Waals surface area contributed by atoms with Gasteiger partial charge in [-0.25, -0.2) is 9.36 Å². The number of alkyl carbamates (subject to hydrolysis) is 1. The quantitative estimate of drug-likeness (QED) is 0.00720. The highest BCUT2D eigenvalue weighted by atomic mass is 31.2. The van der Waals surface area contributed by atoms with Gasteiger partial charge in [0.1, 0.15) is 20.3 Å². The second-order valence-electron chi connectivity index (χ2n) is 28.9. The number of nitrogens with zero attached hydrogens (tertiary/aromatic N) is 2. The number of rotatable bonds is 55. The molecule has 103 heavy (non-hydrogen) atoms. The molecule has 0 spiro atoms. The van der Waals surface area contributed by atoms with E-state index in [-0.39, 0.29) is 62.6 Å². The number of ether oxygens (including phenoxy) is 4. The molecule has 2 amide bonds. The zero-order chi connectivity index (χ0) is 73.8. The van der Waals surface area contributed by atoms with Crippen LogP contribution in [0.2, 0.25) is 0 Å². The van der Waals surface area contributed by atoms with Crippen molar-refractivity contribution in [3.63, 3.8) is 0 Å². The number of fused-ring (bicyclic) bond motifs is 6. The van der Waals surface area contributed by atoms with E-state index in [1.54, 1.807) is 0 Å². The fourth-order valence-electron chi connectivity index (χ4n) is 14.1. The molecular weight excluding hydrogens is 1310 g/mol. The van der Waals surface area contributed by atoms with Crippen LogP contribution in [-0.2, 0) is 57.8 Å². The smallest absolute Gasteiger partial charge is 0.462 e. The summed E-state index contributed by atoms with van der Waals surface area (Å²) in [7, 11) is -2.53. The first kappa shape index (κ1) is 85.2. The number of amides is 2. The molecule has 3 N–H and O–H groups in total. The number of carbonyl (C=O) groups is 4. The predicted octanol–water partition coefficient (Wildman–Crippen LogP) is 20.9. The fourth-order valence-corrected chi connectivity index (χ4v) is 14.8. The molecule has 0 aromatic heterocycles. The van der Waals surface area contributed by atoms with E-state index in [0.29, 0.717) is 25.8 Å². The zero-order valence-electron chi connectivity index (χ0n) is 64.0. The maximum atomic E-state index is 13.0. The molecule has 2 heterocycles. The van der Waals surface area contributed by atoms with Crippen LogP contribution in [0.25, 0.3) is 21.5 Å². The summed E-state index contributed by atoms with van der Waals surface area (Å²) in [6.45, 7) is 13.7. The zero-order valence-corrected chi connectivity index (χ0v) is 64.9. The second-order valence-corrected chi connectivity index (χ2v) is 30.4. The maximum Gasteiger partial charge on any atom is 0.472 e. The molecule has 2 aliphatic heterocycles. The van der Waals surface area contributed by atoms with Crippen LogP contribution in [-0.4, -0.2) is 112 Å². The van der Waals surface area contributed by atoms with E-state index >= 15 is 0 Å². The number of hydrogen-bond acceptors (Lipinski definition) is 12. The summed E-state index contributed by atoms with van der Waals surface area (Å²) in [6, 6.07) is 26.2. The summed E-state index contributed by atoms with van der Waals surface area (Å²) < 4.78 is 47.4. The molecule has 4 aromatic carbocycles. The third-order valence-corrected chi connectivity index (χ3v) is 20.7. The number of phosphoric ester groups is 1. The van der Waals surface area contributed by atoms with Gasteiger partial charge in [-0.05, 0) is 136 Å². The Labute approximate surface area is 618 Å². The molecule has 0 saturated heterocycles. The van der Waals surface area contributed by atoms with Gasteiger partial charge in [0.05, 0.1) is 31.8 Å². The van der Waals surface area contributed by atoms with Crippen LogP contribution in [0.15, 0.2) is 133 Å². The van der Waals surface area contributed by atoms with E-state index in [4.69, 9.17) is 28.0 Å². The van der Waals surface area contributed by atoms with Gasteiger partial charge in [-0.3, -0.25) is 23.4 Å². The lowest BCUT2D eigenvalue weighted by molar-refractivity contribution is -0.401. The summed E-state index contributed by atoms with van der Waals surface area (Å²) in [5, 5.41) is 10.4. The maximum absolute atomic E-state index is 13.0. The number of anilines is 1. The summed E-state index contributed by atoms with van der Waals surface area (Å²) >= 11 is 0. The average molecular weight is 1440 g/mol. The van der Waals surface area contributed by atoms with Gasteiger partial charge in [-0.2, -0.15) is 4.58 Å². The minimum atomic E-state index is -4.69. The van der Waals surface area contributed by atoms with Crippen molar-refractivity contribution in [3.8, 4) is 0 Å². The fraction of sp³-hybridized carbons (Fsp3) is 0.593. The molecule has 2 aliphatic rings. The third kappa shape index (κ3) is 30.7. The SMILES string of the molecule is CCCCCCCC/C=C\CCCCCCCC(=O)OC[C@H](COP(=O)(O)OCCNC(=O)OCCOCCNC(=O)CCCCCN1/C(=C/C=C/C=C/C2=[N+](C)c3ccc4ccccc4c3C2(C)C)C(C)(C)c2c1ccc1ccccc21)OC(=O)CCCCCCC/C=C\CCCCCCCC. The molecule has 6 rings (SSSR count). The van der Waals surface area contributed by atoms with E-state index in [0.717, 1.165) is 103 Å². The van der Waals surface area contributed by atoms with Gasteiger partial charge in [0.2, 0.25) is 11.6 Å². The Morgan fingerprint density at radius 3 is 1.69 bits per heavy atom. The lowest BCUT2D eigenvalue weighted by Crippen LogP contribution is -2.30. The molecule has 2 atom stereocenters. The molecule has 0 saturated carbocycles. The van der Waals surface area contributed by atoms with Crippen LogP contribution >= 0.6 is 7.82 Å². The van der Waals surface area contributed by atoms with Gasteiger partial charge in [0.25, 0.3) is 0 Å². The van der Waals surface area contributed by atoms with E-state index in [2.05, 4.69) is 196 Å². The molecule has 0 radical (unpaired) electrons. The Bertz CT molecular complexity index is 3440. The number of unbranched alkanes of at least 4 members (excludes halogenated alkanes) is 24. The summed E-state index contributed by atoms with van der Waals surface area (Å²) in [5.41, 5.74) is 7.25. The monoisotopic (exact) mass is 1440 g/mol. The largest absolute Gasteiger partial charge is 0.472 e. The second kappa shape index (κ2) is 48.4. The number of benzene rings is 4. The minimum absolute atomic E-state index is 0.0533. The highest BCUT2D eigenvalue weighted by Crippen LogP contribution is 2.51. The van der Waals surface area contributed by atoms with Gasteiger partial charge in [0, 0.05) is 73.4 Å². The molecule has 16 nitrogen and oxygen atoms in total. The van der Waals surface area contributed by atoms with E-state index in [9.17, 15) is 28.6 Å². The number of phosphoric acid groups is 1. The first-order valence-electron chi connectivity index (χ1n) is 39.5. The first-order valence-corrected chi connectivity index (χ1v) is 41.0. The van der Waals surface area contributed by atoms with Crippen LogP contribution < -0.4 is 15.5 Å². The highest BCUT2D eigenvalue weighted by Gasteiger charge is 2.44. The number of carbonyl (C=O) groups excluding carboxylic acids is 4. The Morgan fingerprint density at radius 1 is 0.534 bits per heavy atom. The molecule has 0 bridgehead atoms. The lowest BCUT2D eigenvalue weighted by Gasteiger charge is -2.27. The predicted molar refractivity (Wildman–Crippen MR) is 422 cm³/mol. The van der Waals surface area contributed by atoms with Crippen LogP contribution in [0.4, 0.5) is 16.2 Å². The molecule has 568 valence electrons. The van der Waals surface area contributed by atoms with Gasteiger partial charge >= 0.3 is 25.9 Å². The van der Waals surface area contributed by atoms with Crippen LogP contribution in [0.5, 0.6) is 0 Å². The molecular formula is C86H128N4O12P+. The van der Waals surface area contributed by atoms with Crippen molar-refractivity contribution in [2.24, 2.45) is 0 Å². The Morgan fingerprint density at radius 2 is 1.07 bits per heavy atom. The van der Waals surface area contributed by atoms with E-state index in [1.807, 2.05) is 0 Å². The van der Waals surface area contributed by atoms with Crippen molar-refractivity contribution in [2.75, 3.05) is 71.2 Å². The van der Waals surface area contributed by atoms with Crippen LogP contribution in [0, 0.1) is 0 Å². The average Bonchev–Trinajstić information content (AvgIpc) is 1.59. The molecule has 0 aliphatic carbocycles. The molecule has 1 unspecified atom stereocenters. The first-order chi connectivity index (χ1) is 50.0. The standard InChI is InChI=1S/C86H127N4O12P/c1-8-10-12-14-16-18-20-22-24-26-28-30-32-34-41-55-80(92)99-68-72(102-81(93)56-42-35-33-31-29-27-25-23-21-19-17-15-13-11-9-2)69-101-103(95,96)100-65-62-88-84(94)98-67-66-97-64-61-87-79(91)54-40-37-47-63-90-76-60-58-71-49-44-46-51-74(71)83(76)86(5,6)78(90)53-39-36-38-52-77-85(3,4)82-73-50-45-43-48-70(73)57-59-75(82)89(77)7/h22-25,36,38-39,43-46,48-53,57-60,72H,8-21,26-35,37,40-42,47,54-56,61-69H2,1-7H3,(H2-,87,88,91,94,95,96)/p+1/b24-22-,25-23-/t72-/m1/s1. The normalized spacial score (nSPS) is 15.3. The van der Waals surface area contributed by atoms with Gasteiger partial charge in [0.15, 0.2) is 11.8 Å². The topological polar surface area (TPSA) is 191 Å². The number of allylic oxidation sites excluding steroid dienone is 10. The minimum Gasteiger partial charge on any atom is -0.462 e. The Kier molecular flexibility index (Phi) is 40.1.